The molecule has 10 heteroatoms. The Bertz CT molecular complexity index is 1140. The van der Waals surface area contributed by atoms with Crippen LogP contribution in [-0.2, 0) is 16.1 Å². The molecule has 0 radical (unpaired) electrons. The van der Waals surface area contributed by atoms with E-state index in [1.807, 2.05) is 49.1 Å². The molecule has 4 N–H and O–H groups in total. The van der Waals surface area contributed by atoms with Crippen LogP contribution in [0.3, 0.4) is 0 Å². The summed E-state index contributed by atoms with van der Waals surface area (Å²) in [5.74, 6) is -0.0819. The summed E-state index contributed by atoms with van der Waals surface area (Å²) in [5, 5.41) is 2.98. The van der Waals surface area contributed by atoms with Crippen LogP contribution in [0.25, 0.3) is 0 Å². The highest BCUT2D eigenvalue weighted by Gasteiger charge is 2.27. The van der Waals surface area contributed by atoms with Crippen LogP contribution in [0.15, 0.2) is 39.9 Å². The van der Waals surface area contributed by atoms with E-state index in [1.54, 1.807) is 6.92 Å². The van der Waals surface area contributed by atoms with E-state index in [1.165, 1.54) is 9.47 Å². The highest BCUT2D eigenvalue weighted by atomic mass is 16.2. The van der Waals surface area contributed by atoms with Gasteiger partial charge in [0.05, 0.1) is 13.1 Å². The van der Waals surface area contributed by atoms with Gasteiger partial charge in [0.15, 0.2) is 5.69 Å². The summed E-state index contributed by atoms with van der Waals surface area (Å²) in [7, 11) is 0. The van der Waals surface area contributed by atoms with Crippen LogP contribution in [0.4, 0.5) is 11.5 Å². The Kier molecular flexibility index (Phi) is 8.86. The van der Waals surface area contributed by atoms with Gasteiger partial charge in [0.1, 0.15) is 5.82 Å². The van der Waals surface area contributed by atoms with Gasteiger partial charge in [-0.3, -0.25) is 28.8 Å². The summed E-state index contributed by atoms with van der Waals surface area (Å²) < 4.78 is 1.27. The summed E-state index contributed by atoms with van der Waals surface area (Å²) in [6.07, 6.45) is 1.91. The van der Waals surface area contributed by atoms with E-state index < -0.39 is 11.2 Å². The first kappa shape index (κ1) is 26.2. The number of likely N-dealkylation sites (N-methyl/N-ethyl adjacent to an activating group) is 1. The minimum absolute atomic E-state index is 0.00853. The SMILES string of the molecule is CCN(C(=O)CN1CCCC(CNC(=O)C(C)C)C1)c1c(N)n(Cc2ccccc2)c(=O)[nH]c1=O. The van der Waals surface area contributed by atoms with Crippen molar-refractivity contribution in [2.24, 2.45) is 11.8 Å². The Balaban J connectivity index is 1.75. The quantitative estimate of drug-likeness (QED) is 0.486. The van der Waals surface area contributed by atoms with Gasteiger partial charge >= 0.3 is 5.69 Å². The Labute approximate surface area is 205 Å². The van der Waals surface area contributed by atoms with Gasteiger partial charge in [-0.15, -0.1) is 0 Å². The molecule has 10 nitrogen and oxygen atoms in total. The number of amides is 2. The Morgan fingerprint density at radius 2 is 1.94 bits per heavy atom. The molecule has 1 aliphatic heterocycles. The lowest BCUT2D eigenvalue weighted by molar-refractivity contribution is -0.124. The molecule has 1 unspecified atom stereocenters. The predicted molar refractivity (Wildman–Crippen MR) is 136 cm³/mol. The number of carbonyl (C=O) groups is 2. The first-order chi connectivity index (χ1) is 16.7. The van der Waals surface area contributed by atoms with Crippen LogP contribution in [0.1, 0.15) is 39.2 Å². The van der Waals surface area contributed by atoms with Crippen molar-refractivity contribution in [3.05, 3.63) is 56.7 Å². The number of nitrogens with one attached hydrogen (secondary N) is 2. The topological polar surface area (TPSA) is 134 Å². The molecule has 1 aliphatic rings. The molecule has 190 valence electrons. The first-order valence-corrected chi connectivity index (χ1v) is 12.2. The van der Waals surface area contributed by atoms with Crippen LogP contribution in [0, 0.1) is 11.8 Å². The molecule has 2 aromatic rings. The summed E-state index contributed by atoms with van der Waals surface area (Å²) >= 11 is 0. The van der Waals surface area contributed by atoms with E-state index in [-0.39, 0.29) is 54.8 Å². The summed E-state index contributed by atoms with van der Waals surface area (Å²) in [6.45, 7) is 8.04. The second-order valence-electron chi connectivity index (χ2n) is 9.35. The van der Waals surface area contributed by atoms with E-state index in [9.17, 15) is 19.2 Å². The first-order valence-electron chi connectivity index (χ1n) is 12.2. The third-order valence-electron chi connectivity index (χ3n) is 6.34. The molecule has 1 fully saturated rings. The maximum absolute atomic E-state index is 13.3. The van der Waals surface area contributed by atoms with Crippen molar-refractivity contribution < 1.29 is 9.59 Å². The van der Waals surface area contributed by atoms with E-state index in [2.05, 4.69) is 10.3 Å². The molecule has 1 aromatic carbocycles. The third kappa shape index (κ3) is 6.60. The van der Waals surface area contributed by atoms with E-state index in [0.29, 0.717) is 13.1 Å². The van der Waals surface area contributed by atoms with Crippen molar-refractivity contribution in [3.63, 3.8) is 0 Å². The number of anilines is 2. The molecule has 2 heterocycles. The number of likely N-dealkylation sites (tertiary alicyclic amines) is 1. The highest BCUT2D eigenvalue weighted by molar-refractivity contribution is 5.96. The number of hydrogen-bond acceptors (Lipinski definition) is 6. The van der Waals surface area contributed by atoms with Crippen LogP contribution in [0.5, 0.6) is 0 Å². The standard InChI is InChI=1S/C25H36N6O4/c1-4-30(20(32)16-29-12-8-11-19(14-29)13-27-23(33)17(2)3)21-22(26)31(25(35)28-24(21)34)15-18-9-6-5-7-10-18/h5-7,9-10,17,19H,4,8,11-16,26H2,1-3H3,(H,27,33)(H,28,34,35). The molecule has 35 heavy (non-hydrogen) atoms. The molecule has 3 rings (SSSR count). The zero-order chi connectivity index (χ0) is 25.5. The summed E-state index contributed by atoms with van der Waals surface area (Å²) in [6, 6.07) is 9.29. The lowest BCUT2D eigenvalue weighted by Crippen LogP contribution is -2.48. The zero-order valence-electron chi connectivity index (χ0n) is 20.8. The molecule has 0 spiro atoms. The highest BCUT2D eigenvalue weighted by Crippen LogP contribution is 2.20. The van der Waals surface area contributed by atoms with Gasteiger partial charge in [-0.1, -0.05) is 44.2 Å². The smallest absolute Gasteiger partial charge is 0.330 e. The third-order valence-corrected chi connectivity index (χ3v) is 6.34. The maximum atomic E-state index is 13.3. The van der Waals surface area contributed by atoms with E-state index in [4.69, 9.17) is 5.73 Å². The molecule has 2 amide bonds. The number of H-pyrrole nitrogens is 1. The number of aromatic amines is 1. The minimum Gasteiger partial charge on any atom is -0.383 e. The molecule has 1 atom stereocenters. The lowest BCUT2D eigenvalue weighted by atomic mass is 9.97. The second-order valence-corrected chi connectivity index (χ2v) is 9.35. The summed E-state index contributed by atoms with van der Waals surface area (Å²) in [5.41, 5.74) is 5.83. The van der Waals surface area contributed by atoms with E-state index in [0.717, 1.165) is 24.9 Å². The number of aromatic nitrogens is 2. The average Bonchev–Trinajstić information content (AvgIpc) is 2.83. The van der Waals surface area contributed by atoms with Crippen molar-refractivity contribution in [1.29, 1.82) is 0 Å². The Hall–Kier alpha value is -3.40. The van der Waals surface area contributed by atoms with Crippen molar-refractivity contribution >= 4 is 23.3 Å². The van der Waals surface area contributed by atoms with Gasteiger partial charge < -0.3 is 16.0 Å². The van der Waals surface area contributed by atoms with Gasteiger partial charge in [-0.25, -0.2) is 4.79 Å². The van der Waals surface area contributed by atoms with Gasteiger partial charge in [-0.05, 0) is 37.8 Å². The van der Waals surface area contributed by atoms with Crippen LogP contribution in [-0.4, -0.2) is 59.0 Å². The maximum Gasteiger partial charge on any atom is 0.330 e. The number of carbonyl (C=O) groups excluding carboxylic acids is 2. The van der Waals surface area contributed by atoms with Crippen molar-refractivity contribution in [2.45, 2.75) is 40.2 Å². The molecule has 1 saturated heterocycles. The number of rotatable bonds is 9. The van der Waals surface area contributed by atoms with E-state index >= 15 is 0 Å². The van der Waals surface area contributed by atoms with Gasteiger partial charge in [0.2, 0.25) is 11.8 Å². The second kappa shape index (κ2) is 11.8. The van der Waals surface area contributed by atoms with Crippen molar-refractivity contribution in [1.82, 2.24) is 19.8 Å². The molecule has 0 bridgehead atoms. The number of benzene rings is 1. The summed E-state index contributed by atoms with van der Waals surface area (Å²) in [4.78, 5) is 56.1. The van der Waals surface area contributed by atoms with Crippen LogP contribution in [0.2, 0.25) is 0 Å². The van der Waals surface area contributed by atoms with Crippen LogP contribution >= 0.6 is 0 Å². The largest absolute Gasteiger partial charge is 0.383 e. The molecular weight excluding hydrogens is 448 g/mol. The molecule has 0 aliphatic carbocycles. The Morgan fingerprint density at radius 1 is 1.23 bits per heavy atom. The minimum atomic E-state index is -0.681. The zero-order valence-corrected chi connectivity index (χ0v) is 20.8. The van der Waals surface area contributed by atoms with Crippen LogP contribution < -0.4 is 27.2 Å². The Morgan fingerprint density at radius 3 is 2.60 bits per heavy atom. The predicted octanol–water partition coefficient (Wildman–Crippen LogP) is 1.00. The molecule has 1 aromatic heterocycles. The molecule has 0 saturated carbocycles. The normalized spacial score (nSPS) is 16.3. The lowest BCUT2D eigenvalue weighted by Gasteiger charge is -2.34. The number of nitrogens with two attached hydrogens (primary N) is 1. The van der Waals surface area contributed by atoms with Gasteiger partial charge in [0, 0.05) is 25.6 Å². The number of piperidine rings is 1. The fourth-order valence-electron chi connectivity index (χ4n) is 4.41. The van der Waals surface area contributed by atoms with Gasteiger partial charge in [0.25, 0.3) is 5.56 Å². The average molecular weight is 485 g/mol. The van der Waals surface area contributed by atoms with Crippen molar-refractivity contribution in [3.8, 4) is 0 Å². The van der Waals surface area contributed by atoms with Crippen molar-refractivity contribution in [2.75, 3.05) is 43.4 Å². The fraction of sp³-hybridized carbons (Fsp3) is 0.520. The monoisotopic (exact) mass is 484 g/mol. The molecular formula is C25H36N6O4. The number of nitrogens with zero attached hydrogens (tertiary/aromatic N) is 3. The number of nitrogen functional groups attached to an aromatic ring is 1. The van der Waals surface area contributed by atoms with Gasteiger partial charge in [-0.2, -0.15) is 0 Å². The number of hydrogen-bond donors (Lipinski definition) is 3. The fourth-order valence-corrected chi connectivity index (χ4v) is 4.41.